The van der Waals surface area contributed by atoms with Crippen LogP contribution in [-0.4, -0.2) is 35.7 Å². The second-order valence-corrected chi connectivity index (χ2v) is 5.53. The van der Waals surface area contributed by atoms with Crippen LogP contribution in [-0.2, 0) is 13.6 Å². The zero-order valence-electron chi connectivity index (χ0n) is 13.5. The number of carbonyl (C=O) groups is 1. The van der Waals surface area contributed by atoms with E-state index < -0.39 is 0 Å². The number of fused-ring (bicyclic) bond motifs is 1. The first kappa shape index (κ1) is 15.0. The third-order valence-corrected chi connectivity index (χ3v) is 4.03. The lowest BCUT2D eigenvalue weighted by Crippen LogP contribution is -2.25. The number of imidazole rings is 1. The molecular weight excluding hydrogens is 318 g/mol. The average Bonchev–Trinajstić information content (AvgIpc) is 3.29. The third kappa shape index (κ3) is 2.74. The van der Waals surface area contributed by atoms with Crippen molar-refractivity contribution in [1.29, 1.82) is 0 Å². The maximum Gasteiger partial charge on any atom is 0.253 e. The van der Waals surface area contributed by atoms with Gasteiger partial charge >= 0.3 is 0 Å². The molecule has 4 aromatic rings. The summed E-state index contributed by atoms with van der Waals surface area (Å²) in [4.78, 5) is 17.2. The Bertz CT molecular complexity index is 1040. The Morgan fingerprint density at radius 1 is 1.12 bits per heavy atom. The summed E-state index contributed by atoms with van der Waals surface area (Å²) < 4.78 is 3.44. The largest absolute Gasteiger partial charge is 0.345 e. The SMILES string of the molecule is Cn1c(CNC(=O)c2ccccc2-n2cnnn2)nc2ccccc21. The number of hydrogen-bond donors (Lipinski definition) is 1. The topological polar surface area (TPSA) is 90.5 Å². The van der Waals surface area contributed by atoms with Crippen molar-refractivity contribution >= 4 is 16.9 Å². The van der Waals surface area contributed by atoms with Gasteiger partial charge in [-0.3, -0.25) is 4.79 Å². The summed E-state index contributed by atoms with van der Waals surface area (Å²) in [5.74, 6) is 0.576. The predicted octanol–water partition coefficient (Wildman–Crippen LogP) is 1.48. The van der Waals surface area contributed by atoms with Gasteiger partial charge in [-0.2, -0.15) is 4.68 Å². The summed E-state index contributed by atoms with van der Waals surface area (Å²) >= 11 is 0. The van der Waals surface area contributed by atoms with Gasteiger partial charge in [0.2, 0.25) is 0 Å². The molecular formula is C17H15N7O. The molecule has 0 radical (unpaired) electrons. The lowest BCUT2D eigenvalue weighted by Gasteiger charge is -2.09. The molecule has 0 bridgehead atoms. The van der Waals surface area contributed by atoms with E-state index in [1.807, 2.05) is 41.9 Å². The van der Waals surface area contributed by atoms with E-state index in [1.54, 1.807) is 18.2 Å². The monoisotopic (exact) mass is 333 g/mol. The fourth-order valence-corrected chi connectivity index (χ4v) is 2.75. The number of benzene rings is 2. The molecule has 0 spiro atoms. The van der Waals surface area contributed by atoms with Crippen molar-refractivity contribution in [1.82, 2.24) is 35.1 Å². The van der Waals surface area contributed by atoms with Crippen LogP contribution in [0.3, 0.4) is 0 Å². The van der Waals surface area contributed by atoms with Gasteiger partial charge in [0.1, 0.15) is 12.2 Å². The molecule has 2 heterocycles. The summed E-state index contributed by atoms with van der Waals surface area (Å²) in [5.41, 5.74) is 3.05. The Hall–Kier alpha value is -3.55. The minimum absolute atomic E-state index is 0.210. The lowest BCUT2D eigenvalue weighted by atomic mass is 10.1. The first-order valence-corrected chi connectivity index (χ1v) is 7.75. The number of rotatable bonds is 4. The highest BCUT2D eigenvalue weighted by atomic mass is 16.1. The summed E-state index contributed by atoms with van der Waals surface area (Å²) in [6, 6.07) is 15.0. The lowest BCUT2D eigenvalue weighted by molar-refractivity contribution is 0.0949. The minimum Gasteiger partial charge on any atom is -0.345 e. The molecule has 1 amide bonds. The molecule has 25 heavy (non-hydrogen) atoms. The molecule has 0 atom stereocenters. The van der Waals surface area contributed by atoms with Gasteiger partial charge in [0.25, 0.3) is 5.91 Å². The van der Waals surface area contributed by atoms with Crippen LogP contribution >= 0.6 is 0 Å². The molecule has 0 fully saturated rings. The Morgan fingerprint density at radius 2 is 1.92 bits per heavy atom. The summed E-state index contributed by atoms with van der Waals surface area (Å²) in [7, 11) is 1.94. The maximum atomic E-state index is 12.6. The molecule has 8 nitrogen and oxygen atoms in total. The van der Waals surface area contributed by atoms with Crippen molar-refractivity contribution < 1.29 is 4.79 Å². The number of nitrogens with one attached hydrogen (secondary N) is 1. The van der Waals surface area contributed by atoms with Gasteiger partial charge in [-0.1, -0.05) is 24.3 Å². The number of aromatic nitrogens is 6. The van der Waals surface area contributed by atoms with Crippen LogP contribution in [0.4, 0.5) is 0 Å². The fraction of sp³-hybridized carbons (Fsp3) is 0.118. The Balaban J connectivity index is 1.58. The number of amides is 1. The van der Waals surface area contributed by atoms with Gasteiger partial charge in [-0.25, -0.2) is 4.98 Å². The van der Waals surface area contributed by atoms with Crippen molar-refractivity contribution in [2.45, 2.75) is 6.54 Å². The predicted molar refractivity (Wildman–Crippen MR) is 91.0 cm³/mol. The normalized spacial score (nSPS) is 10.9. The standard InChI is InChI=1S/C17H15N7O/c1-23-15-9-5-3-7-13(15)20-16(23)10-18-17(25)12-6-2-4-8-14(12)24-11-19-21-22-24/h2-9,11H,10H2,1H3,(H,18,25). The van der Waals surface area contributed by atoms with E-state index in [0.29, 0.717) is 17.8 Å². The number of aryl methyl sites for hydroxylation is 1. The van der Waals surface area contributed by atoms with Gasteiger partial charge in [0.05, 0.1) is 28.8 Å². The van der Waals surface area contributed by atoms with Crippen molar-refractivity contribution in [3.63, 3.8) is 0 Å². The van der Waals surface area contributed by atoms with E-state index in [-0.39, 0.29) is 5.91 Å². The van der Waals surface area contributed by atoms with Crippen molar-refractivity contribution in [2.75, 3.05) is 0 Å². The summed E-state index contributed by atoms with van der Waals surface area (Å²) in [6.07, 6.45) is 1.46. The number of carbonyl (C=O) groups excluding carboxylic acids is 1. The first-order valence-electron chi connectivity index (χ1n) is 7.75. The third-order valence-electron chi connectivity index (χ3n) is 4.03. The van der Waals surface area contributed by atoms with Gasteiger partial charge in [-0.15, -0.1) is 5.10 Å². The second-order valence-electron chi connectivity index (χ2n) is 5.53. The molecule has 2 aromatic carbocycles. The van der Waals surface area contributed by atoms with E-state index >= 15 is 0 Å². The molecule has 8 heteroatoms. The zero-order chi connectivity index (χ0) is 17.2. The van der Waals surface area contributed by atoms with Crippen molar-refractivity contribution in [2.24, 2.45) is 7.05 Å². The van der Waals surface area contributed by atoms with E-state index in [0.717, 1.165) is 16.9 Å². The van der Waals surface area contributed by atoms with Gasteiger partial charge in [0.15, 0.2) is 0 Å². The van der Waals surface area contributed by atoms with Crippen LogP contribution < -0.4 is 5.32 Å². The van der Waals surface area contributed by atoms with E-state index in [1.165, 1.54) is 11.0 Å². The zero-order valence-corrected chi connectivity index (χ0v) is 13.5. The van der Waals surface area contributed by atoms with Crippen LogP contribution in [0.1, 0.15) is 16.2 Å². The quantitative estimate of drug-likeness (QED) is 0.611. The van der Waals surface area contributed by atoms with Crippen molar-refractivity contribution in [3.05, 3.63) is 66.2 Å². The van der Waals surface area contributed by atoms with Crippen LogP contribution in [0.2, 0.25) is 0 Å². The molecule has 4 rings (SSSR count). The van der Waals surface area contributed by atoms with E-state index in [4.69, 9.17) is 0 Å². The number of nitrogens with zero attached hydrogens (tertiary/aromatic N) is 6. The van der Waals surface area contributed by atoms with E-state index in [9.17, 15) is 4.79 Å². The maximum absolute atomic E-state index is 12.6. The van der Waals surface area contributed by atoms with Gasteiger partial charge < -0.3 is 9.88 Å². The van der Waals surface area contributed by atoms with Crippen molar-refractivity contribution in [3.8, 4) is 5.69 Å². The number of hydrogen-bond acceptors (Lipinski definition) is 5. The molecule has 2 aromatic heterocycles. The molecule has 0 unspecified atom stereocenters. The molecule has 0 aliphatic carbocycles. The average molecular weight is 333 g/mol. The highest BCUT2D eigenvalue weighted by Crippen LogP contribution is 2.15. The molecule has 0 aliphatic heterocycles. The van der Waals surface area contributed by atoms with E-state index in [2.05, 4.69) is 25.8 Å². The number of tetrazole rings is 1. The Morgan fingerprint density at radius 3 is 2.72 bits per heavy atom. The highest BCUT2D eigenvalue weighted by molar-refractivity contribution is 5.97. The van der Waals surface area contributed by atoms with Crippen LogP contribution in [0, 0.1) is 0 Å². The Labute approximate surface area is 143 Å². The molecule has 124 valence electrons. The van der Waals surface area contributed by atoms with Crippen LogP contribution in [0.15, 0.2) is 54.9 Å². The van der Waals surface area contributed by atoms with Crippen LogP contribution in [0.25, 0.3) is 16.7 Å². The van der Waals surface area contributed by atoms with Gasteiger partial charge in [-0.05, 0) is 34.7 Å². The molecule has 0 aliphatic rings. The molecule has 0 saturated heterocycles. The van der Waals surface area contributed by atoms with Crippen LogP contribution in [0.5, 0.6) is 0 Å². The molecule has 0 saturated carbocycles. The summed E-state index contributed by atoms with van der Waals surface area (Å²) in [5, 5.41) is 14.0. The minimum atomic E-state index is -0.210. The fourth-order valence-electron chi connectivity index (χ4n) is 2.75. The second kappa shape index (κ2) is 6.16. The van der Waals surface area contributed by atoms with Gasteiger partial charge in [0, 0.05) is 7.05 Å². The Kier molecular flexibility index (Phi) is 3.70. The highest BCUT2D eigenvalue weighted by Gasteiger charge is 2.14. The molecule has 1 N–H and O–H groups in total. The number of para-hydroxylation sites is 3. The smallest absolute Gasteiger partial charge is 0.253 e. The first-order chi connectivity index (χ1) is 12.2. The summed E-state index contributed by atoms with van der Waals surface area (Å²) in [6.45, 7) is 0.327.